The summed E-state index contributed by atoms with van der Waals surface area (Å²) in [4.78, 5) is 11.9. The van der Waals surface area contributed by atoms with Crippen LogP contribution in [0.2, 0.25) is 0 Å². The van der Waals surface area contributed by atoms with Gasteiger partial charge in [0.15, 0.2) is 0 Å². The highest BCUT2D eigenvalue weighted by Crippen LogP contribution is 2.09. The second-order valence-corrected chi connectivity index (χ2v) is 3.73. The normalized spacial score (nSPS) is 12.1. The van der Waals surface area contributed by atoms with Gasteiger partial charge in [0, 0.05) is 13.2 Å². The fourth-order valence-electron chi connectivity index (χ4n) is 1.23. The molecule has 0 aromatic carbocycles. The quantitative estimate of drug-likeness (QED) is 0.740. The van der Waals surface area contributed by atoms with E-state index >= 15 is 0 Å². The molecule has 0 aliphatic rings. The minimum absolute atomic E-state index is 0.182. The number of anilines is 1. The van der Waals surface area contributed by atoms with E-state index in [0.717, 1.165) is 0 Å². The molecule has 3 N–H and O–H groups in total. The average Bonchev–Trinajstić information content (AvgIpc) is 2.51. The van der Waals surface area contributed by atoms with E-state index in [2.05, 4.69) is 10.4 Å². The number of hydrogen-bond acceptors (Lipinski definition) is 3. The van der Waals surface area contributed by atoms with Gasteiger partial charge in [0.25, 0.3) is 0 Å². The van der Waals surface area contributed by atoms with Crippen LogP contribution in [0.1, 0.15) is 13.3 Å². The Labute approximate surface area is 93.6 Å². The smallest absolute Gasteiger partial charge is 0.234 e. The molecule has 82 valence electrons. The Bertz CT molecular complexity index is 374. The lowest BCUT2D eigenvalue weighted by atomic mass is 10.1. The number of aromatic nitrogens is 2. The fourth-order valence-corrected chi connectivity index (χ4v) is 1.50. The van der Waals surface area contributed by atoms with Crippen molar-refractivity contribution in [3.05, 3.63) is 12.4 Å². The number of hydrogen-bond donors (Lipinski definition) is 2. The van der Waals surface area contributed by atoms with E-state index < -0.39 is 5.92 Å². The molecule has 0 fully saturated rings. The van der Waals surface area contributed by atoms with Crippen molar-refractivity contribution < 1.29 is 4.79 Å². The number of nitrogens with two attached hydrogens (primary N) is 1. The summed E-state index contributed by atoms with van der Waals surface area (Å²) < 4.78 is 1.61. The molecule has 0 aliphatic carbocycles. The van der Waals surface area contributed by atoms with Crippen molar-refractivity contribution in [2.24, 2.45) is 18.7 Å². The Morgan fingerprint density at radius 2 is 2.47 bits per heavy atom. The minimum atomic E-state index is -0.416. The van der Waals surface area contributed by atoms with E-state index in [1.165, 1.54) is 0 Å². The highest BCUT2D eigenvalue weighted by molar-refractivity contribution is 7.80. The van der Waals surface area contributed by atoms with E-state index in [1.54, 1.807) is 24.1 Å². The van der Waals surface area contributed by atoms with Crippen LogP contribution in [-0.2, 0) is 11.8 Å². The fraction of sp³-hybridized carbons (Fsp3) is 0.444. The molecule has 0 radical (unpaired) electrons. The zero-order valence-corrected chi connectivity index (χ0v) is 9.54. The molecule has 1 atom stereocenters. The number of thiocarbonyl (C=S) groups is 1. The van der Waals surface area contributed by atoms with Crippen LogP contribution in [0.4, 0.5) is 5.69 Å². The summed E-state index contributed by atoms with van der Waals surface area (Å²) in [5.41, 5.74) is 6.11. The number of nitrogens with one attached hydrogen (secondary N) is 1. The molecule has 0 aliphatic heterocycles. The van der Waals surface area contributed by atoms with Crippen LogP contribution in [0.5, 0.6) is 0 Å². The van der Waals surface area contributed by atoms with Crippen molar-refractivity contribution in [3.8, 4) is 0 Å². The van der Waals surface area contributed by atoms with Crippen LogP contribution in [0.3, 0.4) is 0 Å². The van der Waals surface area contributed by atoms with Gasteiger partial charge in [-0.05, 0) is 6.42 Å². The van der Waals surface area contributed by atoms with Crippen molar-refractivity contribution in [3.63, 3.8) is 0 Å². The molecule has 1 aromatic heterocycles. The molecule has 0 saturated carbocycles. The molecule has 0 saturated heterocycles. The van der Waals surface area contributed by atoms with Crippen LogP contribution in [0.15, 0.2) is 12.4 Å². The van der Waals surface area contributed by atoms with E-state index in [0.29, 0.717) is 12.1 Å². The molecular formula is C9H14N4OS. The summed E-state index contributed by atoms with van der Waals surface area (Å²) in [7, 11) is 1.78. The van der Waals surface area contributed by atoms with Gasteiger partial charge in [-0.1, -0.05) is 19.1 Å². The van der Waals surface area contributed by atoms with Crippen molar-refractivity contribution in [1.82, 2.24) is 9.78 Å². The maximum Gasteiger partial charge on any atom is 0.234 e. The number of carbonyl (C=O) groups excluding carboxylic acids is 1. The van der Waals surface area contributed by atoms with Gasteiger partial charge in [0.2, 0.25) is 5.91 Å². The van der Waals surface area contributed by atoms with Gasteiger partial charge in [-0.3, -0.25) is 9.48 Å². The Balaban J connectivity index is 2.66. The van der Waals surface area contributed by atoms with Gasteiger partial charge in [-0.15, -0.1) is 0 Å². The van der Waals surface area contributed by atoms with Crippen molar-refractivity contribution >= 4 is 28.8 Å². The van der Waals surface area contributed by atoms with Gasteiger partial charge in [0.1, 0.15) is 0 Å². The number of rotatable bonds is 4. The summed E-state index contributed by atoms with van der Waals surface area (Å²) >= 11 is 4.81. The van der Waals surface area contributed by atoms with Crippen LogP contribution < -0.4 is 11.1 Å². The van der Waals surface area contributed by atoms with Gasteiger partial charge in [-0.2, -0.15) is 5.10 Å². The lowest BCUT2D eigenvalue weighted by molar-refractivity contribution is -0.118. The standard InChI is InChI=1S/C9H14N4OS/c1-3-7(8(10)15)9(14)12-6-4-11-13(2)5-6/h4-5,7H,3H2,1-2H3,(H2,10,15)(H,12,14). The average molecular weight is 226 g/mol. The zero-order chi connectivity index (χ0) is 11.4. The molecule has 1 unspecified atom stereocenters. The largest absolute Gasteiger partial charge is 0.393 e. The third-order valence-corrected chi connectivity index (χ3v) is 2.33. The highest BCUT2D eigenvalue weighted by atomic mass is 32.1. The minimum Gasteiger partial charge on any atom is -0.393 e. The molecule has 0 spiro atoms. The second kappa shape index (κ2) is 4.88. The molecule has 1 amide bonds. The van der Waals surface area contributed by atoms with Gasteiger partial charge >= 0.3 is 0 Å². The Hall–Kier alpha value is -1.43. The van der Waals surface area contributed by atoms with Gasteiger partial charge < -0.3 is 11.1 Å². The lowest BCUT2D eigenvalue weighted by Crippen LogP contribution is -2.32. The third-order valence-electron chi connectivity index (χ3n) is 2.04. The molecule has 1 rings (SSSR count). The third kappa shape index (κ3) is 3.02. The summed E-state index contributed by atoms with van der Waals surface area (Å²) in [6, 6.07) is 0. The molecule has 1 heterocycles. The monoisotopic (exact) mass is 226 g/mol. The van der Waals surface area contributed by atoms with Gasteiger partial charge in [-0.25, -0.2) is 0 Å². The highest BCUT2D eigenvalue weighted by Gasteiger charge is 2.19. The van der Waals surface area contributed by atoms with E-state index in [4.69, 9.17) is 18.0 Å². The Kier molecular flexibility index (Phi) is 3.79. The van der Waals surface area contributed by atoms with Crippen molar-refractivity contribution in [2.45, 2.75) is 13.3 Å². The van der Waals surface area contributed by atoms with E-state index in [-0.39, 0.29) is 10.9 Å². The number of aryl methyl sites for hydroxylation is 1. The van der Waals surface area contributed by atoms with Crippen LogP contribution >= 0.6 is 12.2 Å². The number of carbonyl (C=O) groups is 1. The van der Waals surface area contributed by atoms with E-state index in [9.17, 15) is 4.79 Å². The van der Waals surface area contributed by atoms with Crippen molar-refractivity contribution in [1.29, 1.82) is 0 Å². The summed E-state index contributed by atoms with van der Waals surface area (Å²) in [6.07, 6.45) is 3.88. The van der Waals surface area contributed by atoms with Crippen LogP contribution in [-0.4, -0.2) is 20.7 Å². The molecule has 6 heteroatoms. The topological polar surface area (TPSA) is 72.9 Å². The zero-order valence-electron chi connectivity index (χ0n) is 8.73. The van der Waals surface area contributed by atoms with Gasteiger partial charge in [0.05, 0.1) is 22.8 Å². The first kappa shape index (κ1) is 11.6. The molecule has 1 aromatic rings. The predicted octanol–water partition coefficient (Wildman–Crippen LogP) is 0.671. The maximum atomic E-state index is 11.7. The SMILES string of the molecule is CCC(C(=O)Nc1cnn(C)c1)C(N)=S. The number of amides is 1. The van der Waals surface area contributed by atoms with Crippen molar-refractivity contribution in [2.75, 3.05) is 5.32 Å². The lowest BCUT2D eigenvalue weighted by Gasteiger charge is -2.11. The summed E-state index contributed by atoms with van der Waals surface area (Å²) in [5, 5.41) is 6.64. The summed E-state index contributed by atoms with van der Waals surface area (Å²) in [6.45, 7) is 1.87. The first-order valence-corrected chi connectivity index (χ1v) is 5.04. The molecule has 0 bridgehead atoms. The predicted molar refractivity (Wildman–Crippen MR) is 62.4 cm³/mol. The first-order valence-electron chi connectivity index (χ1n) is 4.63. The molecule has 15 heavy (non-hydrogen) atoms. The second-order valence-electron chi connectivity index (χ2n) is 3.26. The maximum absolute atomic E-state index is 11.7. The van der Waals surface area contributed by atoms with Crippen LogP contribution in [0.25, 0.3) is 0 Å². The Morgan fingerprint density at radius 3 is 2.87 bits per heavy atom. The molecular weight excluding hydrogens is 212 g/mol. The molecule has 5 nitrogen and oxygen atoms in total. The number of nitrogens with zero attached hydrogens (tertiary/aromatic N) is 2. The van der Waals surface area contributed by atoms with Crippen LogP contribution in [0, 0.1) is 5.92 Å². The van der Waals surface area contributed by atoms with E-state index in [1.807, 2.05) is 6.92 Å². The Morgan fingerprint density at radius 1 is 1.80 bits per heavy atom. The summed E-state index contributed by atoms with van der Waals surface area (Å²) in [5.74, 6) is -0.599. The first-order chi connectivity index (χ1) is 7.04.